The van der Waals surface area contributed by atoms with Gasteiger partial charge in [0.15, 0.2) is 0 Å². The number of aryl methyl sites for hydroxylation is 1. The van der Waals surface area contributed by atoms with E-state index in [0.29, 0.717) is 11.5 Å². The topological polar surface area (TPSA) is 29.9 Å². The summed E-state index contributed by atoms with van der Waals surface area (Å²) < 4.78 is 2.02. The van der Waals surface area contributed by atoms with Crippen molar-refractivity contribution in [3.05, 3.63) is 18.0 Å². The summed E-state index contributed by atoms with van der Waals surface area (Å²) in [5, 5.41) is 7.75. The zero-order valence-corrected chi connectivity index (χ0v) is 10.7. The van der Waals surface area contributed by atoms with Crippen LogP contribution >= 0.6 is 0 Å². The van der Waals surface area contributed by atoms with Crippen LogP contribution in [0.5, 0.6) is 0 Å². The van der Waals surface area contributed by atoms with Gasteiger partial charge in [0, 0.05) is 18.8 Å². The fraction of sp³-hybridized carbons (Fsp3) is 0.769. The van der Waals surface area contributed by atoms with E-state index in [-0.39, 0.29) is 0 Å². The van der Waals surface area contributed by atoms with Crippen molar-refractivity contribution in [2.24, 2.45) is 5.41 Å². The van der Waals surface area contributed by atoms with E-state index in [4.69, 9.17) is 0 Å². The van der Waals surface area contributed by atoms with Gasteiger partial charge in [-0.05, 0) is 50.6 Å². The molecular weight excluding hydrogens is 198 g/mol. The Morgan fingerprint density at radius 1 is 1.62 bits per heavy atom. The Morgan fingerprint density at radius 2 is 2.44 bits per heavy atom. The number of aromatic nitrogens is 2. The van der Waals surface area contributed by atoms with Crippen molar-refractivity contribution >= 4 is 0 Å². The van der Waals surface area contributed by atoms with Gasteiger partial charge >= 0.3 is 0 Å². The van der Waals surface area contributed by atoms with Gasteiger partial charge in [0.25, 0.3) is 0 Å². The van der Waals surface area contributed by atoms with Crippen LogP contribution in [0.4, 0.5) is 0 Å². The molecule has 0 aliphatic heterocycles. The van der Waals surface area contributed by atoms with E-state index in [2.05, 4.69) is 37.5 Å². The van der Waals surface area contributed by atoms with Crippen LogP contribution in [0.15, 0.2) is 12.4 Å². The van der Waals surface area contributed by atoms with Gasteiger partial charge in [-0.1, -0.05) is 6.92 Å². The summed E-state index contributed by atoms with van der Waals surface area (Å²) in [5.41, 5.74) is 1.86. The Balaban J connectivity index is 1.98. The van der Waals surface area contributed by atoms with E-state index in [9.17, 15) is 0 Å². The minimum Gasteiger partial charge on any atom is -0.317 e. The van der Waals surface area contributed by atoms with Gasteiger partial charge in [0.05, 0.1) is 6.20 Å². The molecule has 0 saturated heterocycles. The van der Waals surface area contributed by atoms with E-state index in [1.165, 1.54) is 31.2 Å². The van der Waals surface area contributed by atoms with E-state index >= 15 is 0 Å². The first-order valence-corrected chi connectivity index (χ1v) is 6.34. The molecule has 0 amide bonds. The Morgan fingerprint density at radius 3 is 3.00 bits per heavy atom. The van der Waals surface area contributed by atoms with Crippen molar-refractivity contribution < 1.29 is 0 Å². The van der Waals surface area contributed by atoms with Crippen molar-refractivity contribution in [1.29, 1.82) is 0 Å². The highest BCUT2D eigenvalue weighted by atomic mass is 15.3. The van der Waals surface area contributed by atoms with E-state index in [0.717, 1.165) is 6.54 Å². The van der Waals surface area contributed by atoms with Gasteiger partial charge in [-0.25, -0.2) is 0 Å². The molecule has 1 heterocycles. The van der Waals surface area contributed by atoms with Crippen molar-refractivity contribution in [1.82, 2.24) is 15.1 Å². The van der Waals surface area contributed by atoms with Crippen molar-refractivity contribution in [2.45, 2.75) is 52.1 Å². The zero-order chi connectivity index (χ0) is 11.6. The fourth-order valence-corrected chi connectivity index (χ4v) is 2.89. The monoisotopic (exact) mass is 221 g/mol. The van der Waals surface area contributed by atoms with E-state index in [1.807, 2.05) is 10.9 Å². The smallest absolute Gasteiger partial charge is 0.0521 e. The second kappa shape index (κ2) is 4.58. The molecule has 1 N–H and O–H groups in total. The molecule has 1 aromatic heterocycles. The standard InChI is InChI=1S/C13H23N3/c1-4-16-10-11(9-15-16)7-13(2)6-5-12(8-13)14-3/h9-10,12,14H,4-8H2,1-3H3. The van der Waals surface area contributed by atoms with Crippen molar-refractivity contribution in [3.63, 3.8) is 0 Å². The second-order valence-electron chi connectivity index (χ2n) is 5.42. The van der Waals surface area contributed by atoms with Crippen molar-refractivity contribution in [3.8, 4) is 0 Å². The number of nitrogens with one attached hydrogen (secondary N) is 1. The maximum atomic E-state index is 4.35. The molecule has 90 valence electrons. The summed E-state index contributed by atoms with van der Waals surface area (Å²) in [4.78, 5) is 0. The summed E-state index contributed by atoms with van der Waals surface area (Å²) in [7, 11) is 2.07. The molecule has 0 spiro atoms. The maximum absolute atomic E-state index is 4.35. The molecule has 2 unspecified atom stereocenters. The first-order valence-electron chi connectivity index (χ1n) is 6.34. The van der Waals surface area contributed by atoms with Gasteiger partial charge in [-0.2, -0.15) is 5.10 Å². The SMILES string of the molecule is CCn1cc(CC2(C)CCC(NC)C2)cn1. The number of nitrogens with zero attached hydrogens (tertiary/aromatic N) is 2. The van der Waals surface area contributed by atoms with Crippen LogP contribution in [0, 0.1) is 5.41 Å². The number of hydrogen-bond acceptors (Lipinski definition) is 2. The molecule has 1 aromatic rings. The molecule has 0 bridgehead atoms. The van der Waals surface area contributed by atoms with Crippen LogP contribution in [-0.4, -0.2) is 22.9 Å². The molecule has 2 atom stereocenters. The molecule has 3 heteroatoms. The highest BCUT2D eigenvalue weighted by Gasteiger charge is 2.34. The minimum atomic E-state index is 0.468. The van der Waals surface area contributed by atoms with Crippen LogP contribution in [0.1, 0.15) is 38.7 Å². The Hall–Kier alpha value is -0.830. The molecular formula is C13H23N3. The van der Waals surface area contributed by atoms with Gasteiger partial charge < -0.3 is 5.32 Å². The quantitative estimate of drug-likeness (QED) is 0.845. The zero-order valence-electron chi connectivity index (χ0n) is 10.7. The van der Waals surface area contributed by atoms with Gasteiger partial charge in [-0.3, -0.25) is 4.68 Å². The normalized spacial score (nSPS) is 29.8. The minimum absolute atomic E-state index is 0.468. The third-order valence-corrected chi connectivity index (χ3v) is 3.89. The predicted octanol–water partition coefficient (Wildman–Crippen LogP) is 2.22. The lowest BCUT2D eigenvalue weighted by Gasteiger charge is -2.23. The van der Waals surface area contributed by atoms with Crippen LogP contribution < -0.4 is 5.32 Å². The third-order valence-electron chi connectivity index (χ3n) is 3.89. The molecule has 3 nitrogen and oxygen atoms in total. The van der Waals surface area contributed by atoms with Crippen molar-refractivity contribution in [2.75, 3.05) is 7.05 Å². The van der Waals surface area contributed by atoms with Crippen LogP contribution in [0.2, 0.25) is 0 Å². The number of hydrogen-bond donors (Lipinski definition) is 1. The molecule has 1 saturated carbocycles. The molecule has 1 aliphatic rings. The first kappa shape index (κ1) is 11.6. The molecule has 2 rings (SSSR count). The second-order valence-corrected chi connectivity index (χ2v) is 5.42. The Bertz CT molecular complexity index is 345. The Kier molecular flexibility index (Phi) is 3.33. The highest BCUT2D eigenvalue weighted by Crippen LogP contribution is 2.40. The molecule has 0 radical (unpaired) electrons. The molecule has 1 fully saturated rings. The average Bonchev–Trinajstić information content (AvgIpc) is 2.85. The lowest BCUT2D eigenvalue weighted by Crippen LogP contribution is -2.24. The Labute approximate surface area is 98.2 Å². The van der Waals surface area contributed by atoms with E-state index < -0.39 is 0 Å². The lowest BCUT2D eigenvalue weighted by molar-refractivity contribution is 0.324. The maximum Gasteiger partial charge on any atom is 0.0521 e. The predicted molar refractivity (Wildman–Crippen MR) is 66.4 cm³/mol. The summed E-state index contributed by atoms with van der Waals surface area (Å²) in [6, 6.07) is 0.714. The van der Waals surface area contributed by atoms with Crippen LogP contribution in [0.3, 0.4) is 0 Å². The lowest BCUT2D eigenvalue weighted by atomic mass is 9.83. The van der Waals surface area contributed by atoms with Crippen LogP contribution in [-0.2, 0) is 13.0 Å². The average molecular weight is 221 g/mol. The van der Waals surface area contributed by atoms with Gasteiger partial charge in [0.1, 0.15) is 0 Å². The largest absolute Gasteiger partial charge is 0.317 e. The fourth-order valence-electron chi connectivity index (χ4n) is 2.89. The summed E-state index contributed by atoms with van der Waals surface area (Å²) >= 11 is 0. The molecule has 1 aliphatic carbocycles. The van der Waals surface area contributed by atoms with E-state index in [1.54, 1.807) is 0 Å². The molecule has 16 heavy (non-hydrogen) atoms. The third kappa shape index (κ3) is 2.46. The number of rotatable bonds is 4. The van der Waals surface area contributed by atoms with Crippen LogP contribution in [0.25, 0.3) is 0 Å². The van der Waals surface area contributed by atoms with Gasteiger partial charge in [-0.15, -0.1) is 0 Å². The summed E-state index contributed by atoms with van der Waals surface area (Å²) in [5.74, 6) is 0. The summed E-state index contributed by atoms with van der Waals surface area (Å²) in [6.07, 6.45) is 9.33. The highest BCUT2D eigenvalue weighted by molar-refractivity contribution is 5.09. The first-order chi connectivity index (χ1) is 7.65. The summed E-state index contributed by atoms with van der Waals surface area (Å²) in [6.45, 7) is 5.51. The van der Waals surface area contributed by atoms with Gasteiger partial charge in [0.2, 0.25) is 0 Å². The molecule has 0 aromatic carbocycles.